The number of hydrogen-bond acceptors (Lipinski definition) is 5. The van der Waals surface area contributed by atoms with Crippen molar-refractivity contribution < 1.29 is 27.5 Å². The third-order valence-electron chi connectivity index (χ3n) is 5.56. The summed E-state index contributed by atoms with van der Waals surface area (Å²) in [4.78, 5) is 29.7. The summed E-state index contributed by atoms with van der Waals surface area (Å²) in [7, 11) is 0. The number of amides is 1. The average molecular weight is 520 g/mol. The Kier molecular flexibility index (Phi) is 6.44. The summed E-state index contributed by atoms with van der Waals surface area (Å²) in [5.74, 6) is -0.446. The number of alkyl halides is 3. The van der Waals surface area contributed by atoms with E-state index in [4.69, 9.17) is 16.0 Å². The second-order valence-corrected chi connectivity index (χ2v) is 9.19. The van der Waals surface area contributed by atoms with Crippen molar-refractivity contribution in [1.29, 1.82) is 0 Å². The summed E-state index contributed by atoms with van der Waals surface area (Å²) in [6, 6.07) is 10.7. The van der Waals surface area contributed by atoms with Crippen LogP contribution in [0, 0.1) is 6.92 Å². The highest BCUT2D eigenvalue weighted by Crippen LogP contribution is 2.34. The monoisotopic (exact) mass is 519 g/mol. The smallest absolute Gasteiger partial charge is 0.416 e. The van der Waals surface area contributed by atoms with E-state index in [0.717, 1.165) is 18.2 Å². The van der Waals surface area contributed by atoms with E-state index in [0.29, 0.717) is 16.8 Å². The van der Waals surface area contributed by atoms with E-state index in [9.17, 15) is 27.9 Å². The molecule has 4 aromatic rings. The maximum absolute atomic E-state index is 12.9. The number of fused-ring (bicyclic) bond motifs is 1. The molecule has 0 aliphatic carbocycles. The van der Waals surface area contributed by atoms with Crippen LogP contribution in [0.5, 0.6) is 0 Å². The number of aromatic nitrogens is 2. The Bertz CT molecular complexity index is 1520. The van der Waals surface area contributed by atoms with Gasteiger partial charge < -0.3 is 19.4 Å². The minimum absolute atomic E-state index is 0.0114. The first kappa shape index (κ1) is 25.5. The maximum atomic E-state index is 12.9. The van der Waals surface area contributed by atoms with Gasteiger partial charge >= 0.3 is 6.18 Å². The normalized spacial score (nSPS) is 12.2. The quantitative estimate of drug-likeness (QED) is 0.363. The molecular formula is C25H21ClF3N3O4. The number of aliphatic hydroxyl groups is 1. The van der Waals surface area contributed by atoms with Gasteiger partial charge in [-0.05, 0) is 56.7 Å². The number of aryl methyl sites for hydroxylation is 1. The number of halogens is 4. The Hall–Kier alpha value is -3.63. The first-order valence-corrected chi connectivity index (χ1v) is 11.1. The van der Waals surface area contributed by atoms with E-state index < -0.39 is 28.7 Å². The summed E-state index contributed by atoms with van der Waals surface area (Å²) in [5, 5.41) is 12.4. The van der Waals surface area contributed by atoms with Gasteiger partial charge in [0.25, 0.3) is 0 Å². The van der Waals surface area contributed by atoms with Crippen molar-refractivity contribution in [2.45, 2.75) is 39.1 Å². The molecule has 0 radical (unpaired) electrons. The minimum Gasteiger partial charge on any atom is -0.430 e. The number of carbonyl (C=O) groups is 1. The van der Waals surface area contributed by atoms with Crippen LogP contribution < -0.4 is 10.7 Å². The van der Waals surface area contributed by atoms with Crippen LogP contribution in [0.15, 0.2) is 57.7 Å². The van der Waals surface area contributed by atoms with Gasteiger partial charge in [-0.3, -0.25) is 9.59 Å². The number of hydrogen-bond donors (Lipinski definition) is 2. The highest BCUT2D eigenvalue weighted by molar-refractivity contribution is 6.33. The zero-order valence-electron chi connectivity index (χ0n) is 19.4. The number of oxazole rings is 1. The van der Waals surface area contributed by atoms with Crippen LogP contribution in [0.3, 0.4) is 0 Å². The van der Waals surface area contributed by atoms with Crippen LogP contribution in [-0.2, 0) is 23.1 Å². The van der Waals surface area contributed by atoms with Crippen LogP contribution in [0.25, 0.3) is 22.7 Å². The molecule has 188 valence electrons. The van der Waals surface area contributed by atoms with Gasteiger partial charge in [0.15, 0.2) is 5.65 Å². The van der Waals surface area contributed by atoms with Gasteiger partial charge in [0.05, 0.1) is 21.9 Å². The van der Waals surface area contributed by atoms with E-state index in [1.165, 1.54) is 10.6 Å². The first-order valence-electron chi connectivity index (χ1n) is 10.7. The number of nitrogens with one attached hydrogen (secondary N) is 1. The van der Waals surface area contributed by atoms with Crippen molar-refractivity contribution in [2.24, 2.45) is 0 Å². The van der Waals surface area contributed by atoms with Gasteiger partial charge in [-0.2, -0.15) is 18.2 Å². The molecule has 2 N–H and O–H groups in total. The standard InChI is InChI=1S/C25H21ClF3N3O4/c1-13-10-19(33)21-22(31-23(36-21)14-4-6-15(7-5-14)24(2,3)35)32(13)12-20(34)30-18-9-8-16(11-17(18)26)25(27,28)29/h4-11,35H,12H2,1-3H3,(H,30,34). The maximum Gasteiger partial charge on any atom is 0.416 e. The lowest BCUT2D eigenvalue weighted by atomic mass is 9.97. The second kappa shape index (κ2) is 9.11. The van der Waals surface area contributed by atoms with Gasteiger partial charge in [-0.15, -0.1) is 0 Å². The van der Waals surface area contributed by atoms with Crippen molar-refractivity contribution in [2.75, 3.05) is 5.32 Å². The fourth-order valence-electron chi connectivity index (χ4n) is 3.63. The van der Waals surface area contributed by atoms with Crippen molar-refractivity contribution in [3.05, 3.63) is 80.6 Å². The van der Waals surface area contributed by atoms with Crippen molar-refractivity contribution in [1.82, 2.24) is 9.55 Å². The average Bonchev–Trinajstić information content (AvgIpc) is 3.23. The lowest BCUT2D eigenvalue weighted by molar-refractivity contribution is -0.137. The molecule has 2 aromatic heterocycles. The number of pyridine rings is 1. The van der Waals surface area contributed by atoms with Gasteiger partial charge in [-0.1, -0.05) is 23.7 Å². The Morgan fingerprint density at radius 3 is 2.33 bits per heavy atom. The number of nitrogens with zero attached hydrogens (tertiary/aromatic N) is 2. The minimum atomic E-state index is -4.57. The molecule has 7 nitrogen and oxygen atoms in total. The largest absolute Gasteiger partial charge is 0.430 e. The zero-order valence-corrected chi connectivity index (χ0v) is 20.2. The molecular weight excluding hydrogens is 499 g/mol. The molecule has 4 rings (SSSR count). The van der Waals surface area contributed by atoms with E-state index in [2.05, 4.69) is 10.3 Å². The Morgan fingerprint density at radius 1 is 1.11 bits per heavy atom. The van der Waals surface area contributed by atoms with Gasteiger partial charge in [0.2, 0.25) is 22.8 Å². The number of anilines is 1. The van der Waals surface area contributed by atoms with Gasteiger partial charge in [0, 0.05) is 17.3 Å². The van der Waals surface area contributed by atoms with E-state index in [1.807, 2.05) is 0 Å². The molecule has 2 aromatic carbocycles. The topological polar surface area (TPSA) is 97.4 Å². The van der Waals surface area contributed by atoms with Crippen molar-refractivity contribution in [3.8, 4) is 11.5 Å². The summed E-state index contributed by atoms with van der Waals surface area (Å²) in [6.07, 6.45) is -4.57. The Balaban J connectivity index is 1.64. The molecule has 2 heterocycles. The highest BCUT2D eigenvalue weighted by atomic mass is 35.5. The predicted octanol–water partition coefficient (Wildman–Crippen LogP) is 5.50. The molecule has 1 amide bonds. The second-order valence-electron chi connectivity index (χ2n) is 8.78. The molecule has 0 aliphatic heterocycles. The highest BCUT2D eigenvalue weighted by Gasteiger charge is 2.31. The van der Waals surface area contributed by atoms with Crippen LogP contribution in [0.2, 0.25) is 5.02 Å². The van der Waals surface area contributed by atoms with E-state index in [-0.39, 0.29) is 34.4 Å². The summed E-state index contributed by atoms with van der Waals surface area (Å²) in [6.45, 7) is 4.62. The third-order valence-corrected chi connectivity index (χ3v) is 5.88. The molecule has 0 spiro atoms. The van der Waals surface area contributed by atoms with Crippen LogP contribution in [0.1, 0.15) is 30.7 Å². The molecule has 0 saturated carbocycles. The first-order chi connectivity index (χ1) is 16.7. The molecule has 0 atom stereocenters. The van der Waals surface area contributed by atoms with Crippen molar-refractivity contribution in [3.63, 3.8) is 0 Å². The van der Waals surface area contributed by atoms with E-state index >= 15 is 0 Å². The molecule has 0 unspecified atom stereocenters. The van der Waals surface area contributed by atoms with E-state index in [1.54, 1.807) is 45.0 Å². The fraction of sp³-hybridized carbons (Fsp3) is 0.240. The van der Waals surface area contributed by atoms with Crippen LogP contribution in [0.4, 0.5) is 18.9 Å². The molecule has 0 fully saturated rings. The Morgan fingerprint density at radius 2 is 1.75 bits per heavy atom. The lowest BCUT2D eigenvalue weighted by Crippen LogP contribution is -2.22. The SMILES string of the molecule is Cc1cc(=O)c2oc(-c3ccc(C(C)(C)O)cc3)nc2n1CC(=O)Nc1ccc(C(F)(F)F)cc1Cl. The van der Waals surface area contributed by atoms with Gasteiger partial charge in [0.1, 0.15) is 6.54 Å². The predicted molar refractivity (Wildman–Crippen MR) is 129 cm³/mol. The number of rotatable bonds is 5. The number of benzene rings is 2. The number of carbonyl (C=O) groups excluding carboxylic acids is 1. The molecule has 0 bridgehead atoms. The molecule has 0 saturated heterocycles. The zero-order chi connectivity index (χ0) is 26.4. The van der Waals surface area contributed by atoms with Crippen LogP contribution in [-0.4, -0.2) is 20.6 Å². The summed E-state index contributed by atoms with van der Waals surface area (Å²) < 4.78 is 45.8. The molecule has 11 heteroatoms. The third kappa shape index (κ3) is 5.14. The van der Waals surface area contributed by atoms with Crippen molar-refractivity contribution >= 4 is 34.4 Å². The molecule has 36 heavy (non-hydrogen) atoms. The summed E-state index contributed by atoms with van der Waals surface area (Å²) >= 11 is 5.93. The fourth-order valence-corrected chi connectivity index (χ4v) is 3.85. The van der Waals surface area contributed by atoms with Crippen LogP contribution >= 0.6 is 11.6 Å². The summed E-state index contributed by atoms with van der Waals surface area (Å²) in [5.41, 5.74) is -0.634. The Labute approximate surface area is 208 Å². The molecule has 0 aliphatic rings. The lowest BCUT2D eigenvalue weighted by Gasteiger charge is -2.17. The van der Waals surface area contributed by atoms with Gasteiger partial charge in [-0.25, -0.2) is 0 Å².